The number of aliphatic hydroxyl groups is 1. The first-order chi connectivity index (χ1) is 12.1. The number of hydrogen-bond acceptors (Lipinski definition) is 3. The fourth-order valence-electron chi connectivity index (χ4n) is 3.12. The molecule has 0 radical (unpaired) electrons. The molecule has 0 amide bonds. The third-order valence-corrected chi connectivity index (χ3v) is 5.24. The van der Waals surface area contributed by atoms with E-state index in [9.17, 15) is 5.11 Å². The van der Waals surface area contributed by atoms with Crippen molar-refractivity contribution in [3.05, 3.63) is 34.9 Å². The average Bonchev–Trinajstić information content (AvgIpc) is 2.58. The topological polar surface area (TPSA) is 65.9 Å². The van der Waals surface area contributed by atoms with Gasteiger partial charge in [0.25, 0.3) is 0 Å². The summed E-state index contributed by atoms with van der Waals surface area (Å²) in [4.78, 5) is 4.74. The van der Waals surface area contributed by atoms with Gasteiger partial charge in [-0.15, -0.1) is 0 Å². The number of hydrogen-bond donors (Lipinski definition) is 3. The number of ether oxygens (including phenoxy) is 1. The molecule has 25 heavy (non-hydrogen) atoms. The number of aliphatic hydroxyl groups excluding tert-OH is 1. The SMILES string of the molecule is CCNC(=NCC1(CCOC)CCC1)NCC(O)c1ccccc1Cl. The molecule has 0 spiro atoms. The summed E-state index contributed by atoms with van der Waals surface area (Å²) in [6.07, 6.45) is 4.07. The fourth-order valence-corrected chi connectivity index (χ4v) is 3.38. The zero-order valence-corrected chi connectivity index (χ0v) is 16.0. The Morgan fingerprint density at radius 3 is 2.72 bits per heavy atom. The normalized spacial score (nSPS) is 17.7. The van der Waals surface area contributed by atoms with Gasteiger partial charge in [-0.3, -0.25) is 4.99 Å². The summed E-state index contributed by atoms with van der Waals surface area (Å²) in [5.41, 5.74) is 1.00. The summed E-state index contributed by atoms with van der Waals surface area (Å²) in [5, 5.41) is 17.4. The van der Waals surface area contributed by atoms with Crippen LogP contribution in [0.2, 0.25) is 5.02 Å². The summed E-state index contributed by atoms with van der Waals surface area (Å²) < 4.78 is 5.24. The predicted octanol–water partition coefficient (Wildman–Crippen LogP) is 3.14. The summed E-state index contributed by atoms with van der Waals surface area (Å²) in [6.45, 7) is 4.74. The number of halogens is 1. The van der Waals surface area contributed by atoms with E-state index in [0.29, 0.717) is 11.6 Å². The lowest BCUT2D eigenvalue weighted by atomic mass is 9.67. The minimum atomic E-state index is -0.677. The highest BCUT2D eigenvalue weighted by Crippen LogP contribution is 2.44. The van der Waals surface area contributed by atoms with Crippen LogP contribution in [-0.2, 0) is 4.74 Å². The van der Waals surface area contributed by atoms with E-state index in [1.807, 2.05) is 25.1 Å². The Bertz CT molecular complexity index is 561. The van der Waals surface area contributed by atoms with Crippen LogP contribution in [0.15, 0.2) is 29.3 Å². The van der Waals surface area contributed by atoms with E-state index in [-0.39, 0.29) is 5.41 Å². The maximum atomic E-state index is 10.4. The highest BCUT2D eigenvalue weighted by atomic mass is 35.5. The van der Waals surface area contributed by atoms with Crippen LogP contribution in [0.3, 0.4) is 0 Å². The molecule has 1 aromatic rings. The van der Waals surface area contributed by atoms with Crippen molar-refractivity contribution < 1.29 is 9.84 Å². The molecule has 0 bridgehead atoms. The summed E-state index contributed by atoms with van der Waals surface area (Å²) in [7, 11) is 1.75. The second-order valence-electron chi connectivity index (χ2n) is 6.71. The second kappa shape index (κ2) is 10.00. The molecule has 3 N–H and O–H groups in total. The monoisotopic (exact) mass is 367 g/mol. The van der Waals surface area contributed by atoms with Crippen LogP contribution in [0.1, 0.15) is 44.3 Å². The maximum absolute atomic E-state index is 10.4. The fraction of sp³-hybridized carbons (Fsp3) is 0.632. The third-order valence-electron chi connectivity index (χ3n) is 4.89. The molecule has 1 unspecified atom stereocenters. The Balaban J connectivity index is 1.92. The first-order valence-electron chi connectivity index (χ1n) is 9.04. The van der Waals surface area contributed by atoms with Gasteiger partial charge in [-0.1, -0.05) is 36.2 Å². The number of nitrogens with one attached hydrogen (secondary N) is 2. The van der Waals surface area contributed by atoms with Crippen molar-refractivity contribution in [1.29, 1.82) is 0 Å². The molecule has 0 saturated heterocycles. The van der Waals surface area contributed by atoms with Crippen molar-refractivity contribution >= 4 is 17.6 Å². The van der Waals surface area contributed by atoms with Crippen molar-refractivity contribution in [3.8, 4) is 0 Å². The van der Waals surface area contributed by atoms with Gasteiger partial charge in [-0.2, -0.15) is 0 Å². The zero-order chi connectivity index (χ0) is 18.1. The second-order valence-corrected chi connectivity index (χ2v) is 7.12. The molecule has 2 rings (SSSR count). The number of nitrogens with zero attached hydrogens (tertiary/aromatic N) is 1. The number of benzene rings is 1. The Labute approximate surface area is 155 Å². The molecule has 1 aliphatic rings. The molecule has 0 aliphatic heterocycles. The molecular weight excluding hydrogens is 338 g/mol. The van der Waals surface area contributed by atoms with Crippen LogP contribution in [0.25, 0.3) is 0 Å². The van der Waals surface area contributed by atoms with E-state index < -0.39 is 6.10 Å². The van der Waals surface area contributed by atoms with Crippen molar-refractivity contribution in [3.63, 3.8) is 0 Å². The van der Waals surface area contributed by atoms with E-state index >= 15 is 0 Å². The van der Waals surface area contributed by atoms with E-state index in [4.69, 9.17) is 21.3 Å². The van der Waals surface area contributed by atoms with Crippen LogP contribution in [0, 0.1) is 5.41 Å². The molecule has 1 atom stereocenters. The Morgan fingerprint density at radius 2 is 2.12 bits per heavy atom. The zero-order valence-electron chi connectivity index (χ0n) is 15.2. The molecule has 1 fully saturated rings. The van der Waals surface area contributed by atoms with Crippen molar-refractivity contribution in [2.75, 3.05) is 33.4 Å². The van der Waals surface area contributed by atoms with E-state index in [1.54, 1.807) is 13.2 Å². The van der Waals surface area contributed by atoms with Gasteiger partial charge in [0, 0.05) is 43.9 Å². The lowest BCUT2D eigenvalue weighted by molar-refractivity contribution is 0.0778. The van der Waals surface area contributed by atoms with Gasteiger partial charge >= 0.3 is 0 Å². The average molecular weight is 368 g/mol. The van der Waals surface area contributed by atoms with Gasteiger partial charge in [0.1, 0.15) is 0 Å². The van der Waals surface area contributed by atoms with Crippen molar-refractivity contribution in [2.24, 2.45) is 10.4 Å². The number of aliphatic imine (C=N–C) groups is 1. The molecule has 0 heterocycles. The quantitative estimate of drug-likeness (QED) is 0.463. The highest BCUT2D eigenvalue weighted by molar-refractivity contribution is 6.31. The minimum absolute atomic E-state index is 0.277. The van der Waals surface area contributed by atoms with E-state index in [2.05, 4.69) is 10.6 Å². The van der Waals surface area contributed by atoms with E-state index in [0.717, 1.165) is 37.6 Å². The van der Waals surface area contributed by atoms with Gasteiger partial charge in [0.2, 0.25) is 0 Å². The van der Waals surface area contributed by atoms with Crippen molar-refractivity contribution in [1.82, 2.24) is 10.6 Å². The Kier molecular flexibility index (Phi) is 8.00. The first-order valence-corrected chi connectivity index (χ1v) is 9.41. The van der Waals surface area contributed by atoms with Gasteiger partial charge in [-0.25, -0.2) is 0 Å². The largest absolute Gasteiger partial charge is 0.387 e. The molecule has 6 heteroatoms. The van der Waals surface area contributed by atoms with Crippen LogP contribution < -0.4 is 10.6 Å². The standard InChI is InChI=1S/C19H30ClN3O2/c1-3-21-18(23-14-19(9-6-10-19)11-12-25-2)22-13-17(24)15-7-4-5-8-16(15)20/h4-5,7-8,17,24H,3,6,9-14H2,1-2H3,(H2,21,22,23). The Hall–Kier alpha value is -1.30. The maximum Gasteiger partial charge on any atom is 0.191 e. The minimum Gasteiger partial charge on any atom is -0.387 e. The number of guanidine groups is 1. The molecule has 1 aliphatic carbocycles. The number of methoxy groups -OCH3 is 1. The van der Waals surface area contributed by atoms with Crippen LogP contribution in [0.5, 0.6) is 0 Å². The molecule has 140 valence electrons. The van der Waals surface area contributed by atoms with E-state index in [1.165, 1.54) is 19.3 Å². The lowest BCUT2D eigenvalue weighted by Crippen LogP contribution is -2.41. The van der Waals surface area contributed by atoms with Crippen LogP contribution >= 0.6 is 11.6 Å². The highest BCUT2D eigenvalue weighted by Gasteiger charge is 2.36. The lowest BCUT2D eigenvalue weighted by Gasteiger charge is -2.40. The van der Waals surface area contributed by atoms with Gasteiger partial charge in [0.15, 0.2) is 5.96 Å². The van der Waals surface area contributed by atoms with Gasteiger partial charge < -0.3 is 20.5 Å². The molecule has 1 aromatic carbocycles. The molecular formula is C19H30ClN3O2. The number of rotatable bonds is 9. The first kappa shape index (κ1) is 20.0. The molecule has 1 saturated carbocycles. The van der Waals surface area contributed by atoms with Crippen molar-refractivity contribution in [2.45, 2.75) is 38.7 Å². The Morgan fingerprint density at radius 1 is 1.36 bits per heavy atom. The summed E-state index contributed by atoms with van der Waals surface area (Å²) >= 11 is 6.15. The van der Waals surface area contributed by atoms with Gasteiger partial charge in [-0.05, 0) is 37.7 Å². The van der Waals surface area contributed by atoms with Crippen LogP contribution in [-0.4, -0.2) is 44.4 Å². The molecule has 0 aromatic heterocycles. The smallest absolute Gasteiger partial charge is 0.191 e. The third kappa shape index (κ3) is 5.87. The predicted molar refractivity (Wildman–Crippen MR) is 103 cm³/mol. The summed E-state index contributed by atoms with van der Waals surface area (Å²) in [6, 6.07) is 7.36. The van der Waals surface area contributed by atoms with Crippen LogP contribution in [0.4, 0.5) is 0 Å². The summed E-state index contributed by atoms with van der Waals surface area (Å²) in [5.74, 6) is 0.734. The molecule has 5 nitrogen and oxygen atoms in total. The van der Waals surface area contributed by atoms with Gasteiger partial charge in [0.05, 0.1) is 6.10 Å².